The van der Waals surface area contributed by atoms with Crippen LogP contribution < -0.4 is 5.73 Å². The van der Waals surface area contributed by atoms with Crippen molar-refractivity contribution in [2.75, 3.05) is 12.3 Å². The Bertz CT molecular complexity index is 422. The summed E-state index contributed by atoms with van der Waals surface area (Å²) in [5.74, 6) is -0.521. The topological polar surface area (TPSA) is 81.8 Å². The summed E-state index contributed by atoms with van der Waals surface area (Å²) < 4.78 is 4.82. The summed E-state index contributed by atoms with van der Waals surface area (Å²) in [6.07, 6.45) is 1.69. The second kappa shape index (κ2) is 6.45. The molecule has 0 radical (unpaired) electrons. The highest BCUT2D eigenvalue weighted by atomic mass is 16.5. The molecule has 5 nitrogen and oxygen atoms in total. The average molecular weight is 234 g/mol. The highest BCUT2D eigenvalue weighted by Crippen LogP contribution is 2.10. The van der Waals surface area contributed by atoms with Gasteiger partial charge in [-0.2, -0.15) is 4.99 Å². The average Bonchev–Trinajstić information content (AvgIpc) is 2.31. The van der Waals surface area contributed by atoms with Crippen LogP contribution >= 0.6 is 0 Å². The van der Waals surface area contributed by atoms with Gasteiger partial charge in [0.2, 0.25) is 6.08 Å². The summed E-state index contributed by atoms with van der Waals surface area (Å²) in [6, 6.07) is 6.17. The summed E-state index contributed by atoms with van der Waals surface area (Å²) in [5.41, 5.74) is 7.04. The molecule has 0 bridgehead atoms. The van der Waals surface area contributed by atoms with Crippen LogP contribution in [0.15, 0.2) is 29.3 Å². The van der Waals surface area contributed by atoms with E-state index in [0.717, 1.165) is 5.56 Å². The number of carbonyl (C=O) groups is 1. The molecule has 0 saturated carbocycles. The van der Waals surface area contributed by atoms with Crippen molar-refractivity contribution in [2.24, 2.45) is 4.99 Å². The van der Waals surface area contributed by atoms with E-state index in [1.807, 2.05) is 0 Å². The minimum Gasteiger partial charge on any atom is -0.464 e. The van der Waals surface area contributed by atoms with E-state index in [1.165, 1.54) is 6.08 Å². The lowest BCUT2D eigenvalue weighted by Crippen LogP contribution is -2.23. The maximum absolute atomic E-state index is 11.5. The molecule has 1 aromatic carbocycles. The summed E-state index contributed by atoms with van der Waals surface area (Å²) in [4.78, 5) is 25.2. The molecule has 1 atom stereocenters. The SMILES string of the molecule is CCOC(=O)[C@H](Cc1ccc(N)cc1)N=C=O. The zero-order valence-corrected chi connectivity index (χ0v) is 9.55. The molecule has 0 saturated heterocycles. The molecule has 90 valence electrons. The van der Waals surface area contributed by atoms with Crippen molar-refractivity contribution in [3.05, 3.63) is 29.8 Å². The number of isocyanates is 1. The number of ether oxygens (including phenoxy) is 1. The molecule has 1 rings (SSSR count). The van der Waals surface area contributed by atoms with Gasteiger partial charge in [-0.3, -0.25) is 0 Å². The van der Waals surface area contributed by atoms with Gasteiger partial charge in [0.1, 0.15) is 0 Å². The Hall–Kier alpha value is -2.13. The lowest BCUT2D eigenvalue weighted by molar-refractivity contribution is -0.144. The number of aliphatic imine (C=N–C) groups is 1. The third-order valence-electron chi connectivity index (χ3n) is 2.18. The van der Waals surface area contributed by atoms with Gasteiger partial charge in [0.15, 0.2) is 6.04 Å². The molecule has 0 aliphatic rings. The molecule has 1 aromatic rings. The second-order valence-electron chi connectivity index (χ2n) is 3.43. The van der Waals surface area contributed by atoms with Gasteiger partial charge in [-0.1, -0.05) is 12.1 Å². The first-order valence-electron chi connectivity index (χ1n) is 5.25. The van der Waals surface area contributed by atoms with Gasteiger partial charge in [-0.25, -0.2) is 9.59 Å². The van der Waals surface area contributed by atoms with Crippen LogP contribution in [0.25, 0.3) is 0 Å². The first kappa shape index (κ1) is 12.9. The fraction of sp³-hybridized carbons (Fsp3) is 0.333. The number of nitrogens with zero attached hydrogens (tertiary/aromatic N) is 1. The van der Waals surface area contributed by atoms with Gasteiger partial charge >= 0.3 is 5.97 Å². The van der Waals surface area contributed by atoms with Gasteiger partial charge in [-0.05, 0) is 24.6 Å². The van der Waals surface area contributed by atoms with Crippen LogP contribution in [-0.4, -0.2) is 24.7 Å². The van der Waals surface area contributed by atoms with E-state index in [2.05, 4.69) is 4.99 Å². The highest BCUT2D eigenvalue weighted by molar-refractivity contribution is 5.77. The van der Waals surface area contributed by atoms with Crippen LogP contribution in [0.2, 0.25) is 0 Å². The molecular weight excluding hydrogens is 220 g/mol. The predicted molar refractivity (Wildman–Crippen MR) is 63.1 cm³/mol. The van der Waals surface area contributed by atoms with Gasteiger partial charge in [0, 0.05) is 12.1 Å². The maximum Gasteiger partial charge on any atom is 0.332 e. The molecule has 5 heteroatoms. The quantitative estimate of drug-likeness (QED) is 0.357. The van der Waals surface area contributed by atoms with Crippen molar-refractivity contribution in [1.82, 2.24) is 0 Å². The van der Waals surface area contributed by atoms with Gasteiger partial charge in [0.05, 0.1) is 6.61 Å². The molecule has 0 spiro atoms. The lowest BCUT2D eigenvalue weighted by Gasteiger charge is -2.09. The largest absolute Gasteiger partial charge is 0.464 e. The number of rotatable bonds is 5. The fourth-order valence-electron chi connectivity index (χ4n) is 1.36. The van der Waals surface area contributed by atoms with Crippen LogP contribution in [0.4, 0.5) is 5.69 Å². The van der Waals surface area contributed by atoms with Crippen LogP contribution in [0.1, 0.15) is 12.5 Å². The van der Waals surface area contributed by atoms with Crippen LogP contribution in [0.3, 0.4) is 0 Å². The maximum atomic E-state index is 11.5. The van der Waals surface area contributed by atoms with Crippen molar-refractivity contribution in [3.63, 3.8) is 0 Å². The lowest BCUT2D eigenvalue weighted by atomic mass is 10.1. The molecule has 0 unspecified atom stereocenters. The third kappa shape index (κ3) is 4.09. The number of hydrogen-bond donors (Lipinski definition) is 1. The first-order valence-corrected chi connectivity index (χ1v) is 5.25. The Morgan fingerprint density at radius 1 is 1.47 bits per heavy atom. The standard InChI is InChI=1S/C12H14N2O3/c1-2-17-12(16)11(14-8-15)7-9-3-5-10(13)6-4-9/h3-6,11H,2,7,13H2,1H3/t11-/m0/s1. The molecule has 17 heavy (non-hydrogen) atoms. The molecule has 0 aromatic heterocycles. The Labute approximate surface area is 99.3 Å². The summed E-state index contributed by atoms with van der Waals surface area (Å²) in [5, 5.41) is 0. The Morgan fingerprint density at radius 3 is 2.65 bits per heavy atom. The number of benzene rings is 1. The zero-order chi connectivity index (χ0) is 12.7. The highest BCUT2D eigenvalue weighted by Gasteiger charge is 2.19. The molecule has 0 heterocycles. The zero-order valence-electron chi connectivity index (χ0n) is 9.55. The normalized spacial score (nSPS) is 11.4. The van der Waals surface area contributed by atoms with E-state index in [4.69, 9.17) is 10.5 Å². The minimum atomic E-state index is -0.837. The summed E-state index contributed by atoms with van der Waals surface area (Å²) in [6.45, 7) is 1.95. The Balaban J connectivity index is 2.76. The van der Waals surface area contributed by atoms with E-state index < -0.39 is 12.0 Å². The second-order valence-corrected chi connectivity index (χ2v) is 3.43. The van der Waals surface area contributed by atoms with E-state index in [9.17, 15) is 9.59 Å². The number of anilines is 1. The number of nitrogens with two attached hydrogens (primary N) is 1. The number of esters is 1. The van der Waals surface area contributed by atoms with Gasteiger partial charge < -0.3 is 10.5 Å². The van der Waals surface area contributed by atoms with E-state index in [0.29, 0.717) is 12.1 Å². The smallest absolute Gasteiger partial charge is 0.332 e. The molecule has 0 aliphatic carbocycles. The minimum absolute atomic E-state index is 0.255. The fourth-order valence-corrected chi connectivity index (χ4v) is 1.36. The molecule has 0 amide bonds. The molecule has 2 N–H and O–H groups in total. The van der Waals surface area contributed by atoms with E-state index in [-0.39, 0.29) is 6.61 Å². The predicted octanol–water partition coefficient (Wildman–Crippen LogP) is 1.08. The molecular formula is C12H14N2O3. The number of hydrogen-bond acceptors (Lipinski definition) is 5. The molecule has 0 fully saturated rings. The van der Waals surface area contributed by atoms with Crippen molar-refractivity contribution in [3.8, 4) is 0 Å². The molecule has 0 aliphatic heterocycles. The van der Waals surface area contributed by atoms with Gasteiger partial charge in [0.25, 0.3) is 0 Å². The van der Waals surface area contributed by atoms with Gasteiger partial charge in [-0.15, -0.1) is 0 Å². The number of nitrogen functional groups attached to an aromatic ring is 1. The van der Waals surface area contributed by atoms with Crippen molar-refractivity contribution < 1.29 is 14.3 Å². The third-order valence-corrected chi connectivity index (χ3v) is 2.18. The Kier molecular flexibility index (Phi) is 4.91. The Morgan fingerprint density at radius 2 is 2.12 bits per heavy atom. The van der Waals surface area contributed by atoms with E-state index >= 15 is 0 Å². The summed E-state index contributed by atoms with van der Waals surface area (Å²) >= 11 is 0. The van der Waals surface area contributed by atoms with E-state index in [1.54, 1.807) is 31.2 Å². The van der Waals surface area contributed by atoms with Crippen LogP contribution in [0.5, 0.6) is 0 Å². The van der Waals surface area contributed by atoms with Crippen molar-refractivity contribution in [1.29, 1.82) is 0 Å². The first-order chi connectivity index (χ1) is 8.17. The number of carbonyl (C=O) groups excluding carboxylic acids is 2. The summed E-state index contributed by atoms with van der Waals surface area (Å²) in [7, 11) is 0. The van der Waals surface area contributed by atoms with Crippen LogP contribution in [0, 0.1) is 0 Å². The van der Waals surface area contributed by atoms with Crippen LogP contribution in [-0.2, 0) is 20.7 Å². The van der Waals surface area contributed by atoms with Crippen molar-refractivity contribution in [2.45, 2.75) is 19.4 Å². The monoisotopic (exact) mass is 234 g/mol. The van der Waals surface area contributed by atoms with Crippen molar-refractivity contribution >= 4 is 17.7 Å².